The van der Waals surface area contributed by atoms with E-state index in [1.165, 1.54) is 5.57 Å². The minimum atomic E-state index is -0.114. The monoisotopic (exact) mass is 292 g/mol. The molecule has 112 valence electrons. The molecule has 2 aromatic carbocycles. The molecule has 0 bridgehead atoms. The molecule has 2 heteroatoms. The topological polar surface area (TPSA) is 37.3 Å². The molecule has 0 saturated heterocycles. The summed E-state index contributed by atoms with van der Waals surface area (Å²) < 4.78 is 0. The molecule has 0 spiro atoms. The van der Waals surface area contributed by atoms with Gasteiger partial charge in [0.2, 0.25) is 0 Å². The first kappa shape index (κ1) is 14.6. The fraction of sp³-hybridized carbons (Fsp3) is 0.250. The highest BCUT2D eigenvalue weighted by Gasteiger charge is 2.33. The maximum Gasteiger partial charge on any atom is 0.166 e. The molecule has 0 heterocycles. The van der Waals surface area contributed by atoms with E-state index in [1.54, 1.807) is 12.1 Å². The lowest BCUT2D eigenvalue weighted by Gasteiger charge is -2.10. The number of phenols is 1. The Morgan fingerprint density at radius 1 is 1.05 bits per heavy atom. The van der Waals surface area contributed by atoms with E-state index in [9.17, 15) is 9.90 Å². The maximum atomic E-state index is 12.8. The van der Waals surface area contributed by atoms with Crippen LogP contribution in [0.3, 0.4) is 0 Å². The second-order valence-electron chi connectivity index (χ2n) is 5.79. The number of aromatic hydroxyl groups is 1. The third-order valence-corrected chi connectivity index (χ3v) is 4.30. The third kappa shape index (κ3) is 2.69. The van der Waals surface area contributed by atoms with Crippen molar-refractivity contribution in [1.82, 2.24) is 0 Å². The summed E-state index contributed by atoms with van der Waals surface area (Å²) >= 11 is 0. The summed E-state index contributed by atoms with van der Waals surface area (Å²) in [7, 11) is 0. The molecule has 1 atom stereocenters. The molecule has 1 N–H and O–H groups in total. The van der Waals surface area contributed by atoms with Gasteiger partial charge in [0.15, 0.2) is 5.78 Å². The summed E-state index contributed by atoms with van der Waals surface area (Å²) in [5, 5.41) is 9.44. The Kier molecular flexibility index (Phi) is 4.10. The van der Waals surface area contributed by atoms with E-state index in [4.69, 9.17) is 0 Å². The largest absolute Gasteiger partial charge is 0.508 e. The average Bonchev–Trinajstić information content (AvgIpc) is 2.87. The number of ketones is 1. The number of benzene rings is 2. The minimum Gasteiger partial charge on any atom is -0.508 e. The van der Waals surface area contributed by atoms with Gasteiger partial charge in [-0.05, 0) is 47.2 Å². The van der Waals surface area contributed by atoms with E-state index in [0.29, 0.717) is 0 Å². The van der Waals surface area contributed by atoms with Crippen molar-refractivity contribution < 1.29 is 9.90 Å². The van der Waals surface area contributed by atoms with Crippen LogP contribution in [0.5, 0.6) is 5.75 Å². The first-order valence-electron chi connectivity index (χ1n) is 7.81. The van der Waals surface area contributed by atoms with Crippen LogP contribution in [0.25, 0.3) is 5.57 Å². The summed E-state index contributed by atoms with van der Waals surface area (Å²) in [5.41, 5.74) is 4.31. The zero-order valence-electron chi connectivity index (χ0n) is 12.8. The zero-order valence-corrected chi connectivity index (χ0v) is 12.8. The van der Waals surface area contributed by atoms with Crippen LogP contribution < -0.4 is 0 Å². The van der Waals surface area contributed by atoms with Crippen molar-refractivity contribution in [3.05, 3.63) is 71.3 Å². The molecule has 3 rings (SSSR count). The molecule has 0 radical (unpaired) electrons. The Morgan fingerprint density at radius 2 is 1.73 bits per heavy atom. The van der Waals surface area contributed by atoms with Gasteiger partial charge in [0.25, 0.3) is 0 Å². The number of allylic oxidation sites excluding steroid dienone is 2. The van der Waals surface area contributed by atoms with Gasteiger partial charge in [0, 0.05) is 0 Å². The Balaban J connectivity index is 1.97. The van der Waals surface area contributed by atoms with Crippen molar-refractivity contribution in [2.45, 2.75) is 32.1 Å². The molecular formula is C20H20O2. The zero-order chi connectivity index (χ0) is 15.5. The molecule has 1 aliphatic rings. The third-order valence-electron chi connectivity index (χ3n) is 4.30. The van der Waals surface area contributed by atoms with Crippen LogP contribution in [0.15, 0.2) is 60.2 Å². The Labute approximate surface area is 131 Å². The van der Waals surface area contributed by atoms with Gasteiger partial charge in [0.05, 0.1) is 5.92 Å². The first-order chi connectivity index (χ1) is 10.7. The normalized spacial score (nSPS) is 18.0. The van der Waals surface area contributed by atoms with Crippen molar-refractivity contribution in [3.8, 4) is 5.75 Å². The van der Waals surface area contributed by atoms with E-state index >= 15 is 0 Å². The summed E-state index contributed by atoms with van der Waals surface area (Å²) in [6, 6.07) is 17.2. The Hall–Kier alpha value is -2.35. The van der Waals surface area contributed by atoms with Crippen LogP contribution in [0.2, 0.25) is 0 Å². The summed E-state index contributed by atoms with van der Waals surface area (Å²) in [6.07, 6.45) is 2.56. The number of phenolic OH excluding ortho intramolecular Hbond substituents is 1. The van der Waals surface area contributed by atoms with E-state index < -0.39 is 0 Å². The fourth-order valence-corrected chi connectivity index (χ4v) is 3.21. The maximum absolute atomic E-state index is 12.8. The first-order valence-corrected chi connectivity index (χ1v) is 7.81. The summed E-state index contributed by atoms with van der Waals surface area (Å²) in [4.78, 5) is 12.8. The minimum absolute atomic E-state index is 0.114. The lowest BCUT2D eigenvalue weighted by Crippen LogP contribution is -2.08. The molecule has 0 amide bonds. The van der Waals surface area contributed by atoms with Crippen LogP contribution in [0, 0.1) is 0 Å². The van der Waals surface area contributed by atoms with Crippen LogP contribution >= 0.6 is 0 Å². The lowest BCUT2D eigenvalue weighted by molar-refractivity contribution is -0.116. The van der Waals surface area contributed by atoms with E-state index in [-0.39, 0.29) is 17.5 Å². The molecule has 2 nitrogen and oxygen atoms in total. The molecular weight excluding hydrogens is 272 g/mol. The highest BCUT2D eigenvalue weighted by atomic mass is 16.3. The molecule has 0 aliphatic heterocycles. The number of rotatable bonds is 4. The van der Waals surface area contributed by atoms with Gasteiger partial charge < -0.3 is 5.11 Å². The summed E-state index contributed by atoms with van der Waals surface area (Å²) in [5.74, 6) is 0.364. The number of hydrogen-bond acceptors (Lipinski definition) is 2. The van der Waals surface area contributed by atoms with Crippen molar-refractivity contribution in [2.75, 3.05) is 0 Å². The van der Waals surface area contributed by atoms with E-state index in [1.807, 2.05) is 30.3 Å². The highest BCUT2D eigenvalue weighted by molar-refractivity contribution is 6.11. The predicted octanol–water partition coefficient (Wildman–Crippen LogP) is 4.70. The number of hydrogen-bond donors (Lipinski definition) is 1. The highest BCUT2D eigenvalue weighted by Crippen LogP contribution is 2.42. The van der Waals surface area contributed by atoms with Crippen LogP contribution in [0.4, 0.5) is 0 Å². The van der Waals surface area contributed by atoms with Gasteiger partial charge in [-0.1, -0.05) is 55.8 Å². The van der Waals surface area contributed by atoms with Gasteiger partial charge in [-0.3, -0.25) is 4.79 Å². The van der Waals surface area contributed by atoms with Gasteiger partial charge in [-0.15, -0.1) is 0 Å². The van der Waals surface area contributed by atoms with Crippen LogP contribution in [-0.2, 0) is 4.79 Å². The van der Waals surface area contributed by atoms with E-state index in [0.717, 1.165) is 36.0 Å². The van der Waals surface area contributed by atoms with Crippen molar-refractivity contribution in [3.63, 3.8) is 0 Å². The number of Topliss-reactive ketones (excluding diaryl/α,β-unsaturated/α-hetero) is 1. The molecule has 0 fully saturated rings. The van der Waals surface area contributed by atoms with Crippen molar-refractivity contribution in [1.29, 1.82) is 0 Å². The predicted molar refractivity (Wildman–Crippen MR) is 88.7 cm³/mol. The molecule has 1 unspecified atom stereocenters. The fourth-order valence-electron chi connectivity index (χ4n) is 3.21. The van der Waals surface area contributed by atoms with Gasteiger partial charge in [-0.25, -0.2) is 0 Å². The van der Waals surface area contributed by atoms with Gasteiger partial charge in [0.1, 0.15) is 5.75 Å². The quantitative estimate of drug-likeness (QED) is 0.886. The van der Waals surface area contributed by atoms with Crippen LogP contribution in [-0.4, -0.2) is 10.9 Å². The Bertz CT molecular complexity index is 696. The molecule has 0 saturated carbocycles. The molecule has 2 aromatic rings. The standard InChI is InChI=1S/C20H20O2/c1-2-6-17-18(14-7-4-3-5-8-14)13-19(20(17)22)15-9-11-16(21)12-10-15/h3-5,7-12,19,21H,2,6,13H2,1H3. The second-order valence-corrected chi connectivity index (χ2v) is 5.79. The Morgan fingerprint density at radius 3 is 2.36 bits per heavy atom. The summed E-state index contributed by atoms with van der Waals surface area (Å²) in [6.45, 7) is 2.11. The van der Waals surface area contributed by atoms with Crippen molar-refractivity contribution in [2.24, 2.45) is 0 Å². The smallest absolute Gasteiger partial charge is 0.166 e. The van der Waals surface area contributed by atoms with E-state index in [2.05, 4.69) is 19.1 Å². The lowest BCUT2D eigenvalue weighted by atomic mass is 9.93. The molecule has 0 aromatic heterocycles. The molecule has 1 aliphatic carbocycles. The van der Waals surface area contributed by atoms with Crippen LogP contribution in [0.1, 0.15) is 43.2 Å². The molecule has 22 heavy (non-hydrogen) atoms. The number of carbonyl (C=O) groups is 1. The number of carbonyl (C=O) groups excluding carboxylic acids is 1. The van der Waals surface area contributed by atoms with Gasteiger partial charge in [-0.2, -0.15) is 0 Å². The SMILES string of the molecule is CCCC1=C(c2ccccc2)CC(c2ccc(O)cc2)C1=O. The van der Waals surface area contributed by atoms with Crippen molar-refractivity contribution >= 4 is 11.4 Å². The van der Waals surface area contributed by atoms with Gasteiger partial charge >= 0.3 is 0 Å². The average molecular weight is 292 g/mol. The second kappa shape index (κ2) is 6.18.